The first kappa shape index (κ1) is 12.4. The van der Waals surface area contributed by atoms with Crippen molar-refractivity contribution in [2.45, 2.75) is 39.3 Å². The van der Waals surface area contributed by atoms with Crippen molar-refractivity contribution in [3.05, 3.63) is 29.6 Å². The van der Waals surface area contributed by atoms with Crippen LogP contribution in [0.4, 0.5) is 4.39 Å². The third-order valence-electron chi connectivity index (χ3n) is 2.77. The van der Waals surface area contributed by atoms with E-state index in [2.05, 4.69) is 19.2 Å². The summed E-state index contributed by atoms with van der Waals surface area (Å²) in [6.07, 6.45) is 2.47. The molecule has 0 amide bonds. The first-order chi connectivity index (χ1) is 8.16. The van der Waals surface area contributed by atoms with Gasteiger partial charge in [0.2, 0.25) is 0 Å². The van der Waals surface area contributed by atoms with Gasteiger partial charge in [0, 0.05) is 18.2 Å². The Labute approximate surface area is 102 Å². The summed E-state index contributed by atoms with van der Waals surface area (Å²) in [4.78, 5) is 0. The van der Waals surface area contributed by atoms with Gasteiger partial charge in [-0.1, -0.05) is 26.0 Å². The maximum Gasteiger partial charge on any atom is 0.165 e. The van der Waals surface area contributed by atoms with E-state index in [9.17, 15) is 4.39 Å². The fourth-order valence-corrected chi connectivity index (χ4v) is 1.65. The van der Waals surface area contributed by atoms with Gasteiger partial charge in [0.25, 0.3) is 0 Å². The Morgan fingerprint density at radius 1 is 1.41 bits per heavy atom. The number of nitrogens with one attached hydrogen (secondary N) is 1. The molecular weight excluding hydrogens is 217 g/mol. The van der Waals surface area contributed by atoms with Gasteiger partial charge in [-0.3, -0.25) is 0 Å². The predicted molar refractivity (Wildman–Crippen MR) is 66.6 cm³/mol. The second-order valence-corrected chi connectivity index (χ2v) is 5.09. The molecule has 2 nitrogen and oxygen atoms in total. The van der Waals surface area contributed by atoms with Gasteiger partial charge in [-0.15, -0.1) is 0 Å². The Hall–Kier alpha value is -1.09. The van der Waals surface area contributed by atoms with Gasteiger partial charge >= 0.3 is 0 Å². The van der Waals surface area contributed by atoms with E-state index in [1.165, 1.54) is 18.9 Å². The molecule has 1 aromatic carbocycles. The minimum absolute atomic E-state index is 0.263. The molecule has 0 atom stereocenters. The van der Waals surface area contributed by atoms with Crippen molar-refractivity contribution < 1.29 is 9.13 Å². The SMILES string of the molecule is CC(C)COc1c(F)cccc1CNC1CC1. The molecule has 0 bridgehead atoms. The molecular formula is C14H20FNO. The third kappa shape index (κ3) is 3.70. The standard InChI is InChI=1S/C14H20FNO/c1-10(2)9-17-14-11(4-3-5-13(14)15)8-16-12-6-7-12/h3-5,10,12,16H,6-9H2,1-2H3. The van der Waals surface area contributed by atoms with Crippen LogP contribution in [0.1, 0.15) is 32.3 Å². The van der Waals surface area contributed by atoms with Crippen LogP contribution in [0, 0.1) is 11.7 Å². The molecule has 1 N–H and O–H groups in total. The second-order valence-electron chi connectivity index (χ2n) is 5.09. The lowest BCUT2D eigenvalue weighted by molar-refractivity contribution is 0.256. The molecule has 0 unspecified atom stereocenters. The zero-order valence-corrected chi connectivity index (χ0v) is 10.5. The van der Waals surface area contributed by atoms with E-state index in [0.29, 0.717) is 30.9 Å². The molecule has 0 spiro atoms. The van der Waals surface area contributed by atoms with Crippen LogP contribution >= 0.6 is 0 Å². The monoisotopic (exact) mass is 237 g/mol. The van der Waals surface area contributed by atoms with Gasteiger partial charge in [-0.05, 0) is 24.8 Å². The zero-order valence-electron chi connectivity index (χ0n) is 10.5. The van der Waals surface area contributed by atoms with Crippen LogP contribution in [0.15, 0.2) is 18.2 Å². The highest BCUT2D eigenvalue weighted by molar-refractivity contribution is 5.35. The van der Waals surface area contributed by atoms with E-state index < -0.39 is 0 Å². The van der Waals surface area contributed by atoms with E-state index in [1.54, 1.807) is 6.07 Å². The van der Waals surface area contributed by atoms with Crippen LogP contribution in [0.5, 0.6) is 5.75 Å². The molecule has 1 fully saturated rings. The lowest BCUT2D eigenvalue weighted by Crippen LogP contribution is -2.17. The highest BCUT2D eigenvalue weighted by Crippen LogP contribution is 2.25. The molecule has 1 saturated carbocycles. The maximum atomic E-state index is 13.7. The van der Waals surface area contributed by atoms with E-state index in [4.69, 9.17) is 4.74 Å². The average Bonchev–Trinajstić information content (AvgIpc) is 3.08. The molecule has 0 radical (unpaired) electrons. The summed E-state index contributed by atoms with van der Waals surface area (Å²) in [5.41, 5.74) is 0.914. The topological polar surface area (TPSA) is 21.3 Å². The lowest BCUT2D eigenvalue weighted by Gasteiger charge is -2.14. The Kier molecular flexibility index (Phi) is 4.00. The maximum absolute atomic E-state index is 13.7. The average molecular weight is 237 g/mol. The van der Waals surface area contributed by atoms with Gasteiger partial charge in [0.05, 0.1) is 6.61 Å². The van der Waals surface area contributed by atoms with Gasteiger partial charge in [0.15, 0.2) is 11.6 Å². The molecule has 3 heteroatoms. The van der Waals surface area contributed by atoms with Crippen molar-refractivity contribution in [2.24, 2.45) is 5.92 Å². The highest BCUT2D eigenvalue weighted by Gasteiger charge is 2.21. The molecule has 1 aromatic rings. The summed E-state index contributed by atoms with van der Waals surface area (Å²) >= 11 is 0. The van der Waals surface area contributed by atoms with Gasteiger partial charge in [0.1, 0.15) is 0 Å². The lowest BCUT2D eigenvalue weighted by atomic mass is 10.2. The van der Waals surface area contributed by atoms with Crippen molar-refractivity contribution in [3.8, 4) is 5.75 Å². The molecule has 0 aromatic heterocycles. The van der Waals surface area contributed by atoms with Crippen LogP contribution in [-0.2, 0) is 6.54 Å². The van der Waals surface area contributed by atoms with Gasteiger partial charge in [-0.25, -0.2) is 4.39 Å². The summed E-state index contributed by atoms with van der Waals surface area (Å²) in [5.74, 6) is 0.550. The largest absolute Gasteiger partial charge is 0.490 e. The van der Waals surface area contributed by atoms with Crippen LogP contribution in [0.2, 0.25) is 0 Å². The third-order valence-corrected chi connectivity index (χ3v) is 2.77. The summed E-state index contributed by atoms with van der Waals surface area (Å²) in [7, 11) is 0. The first-order valence-corrected chi connectivity index (χ1v) is 6.30. The van der Waals surface area contributed by atoms with Gasteiger partial charge in [-0.2, -0.15) is 0 Å². The van der Waals surface area contributed by atoms with Crippen LogP contribution in [-0.4, -0.2) is 12.6 Å². The normalized spacial score (nSPS) is 15.3. The first-order valence-electron chi connectivity index (χ1n) is 6.30. The molecule has 0 heterocycles. The summed E-state index contributed by atoms with van der Waals surface area (Å²) in [6, 6.07) is 5.74. The minimum Gasteiger partial charge on any atom is -0.490 e. The van der Waals surface area contributed by atoms with E-state index >= 15 is 0 Å². The van der Waals surface area contributed by atoms with Crippen molar-refractivity contribution in [1.29, 1.82) is 0 Å². The Bertz CT molecular complexity index is 374. The fourth-order valence-electron chi connectivity index (χ4n) is 1.65. The van der Waals surface area contributed by atoms with E-state index in [1.807, 2.05) is 6.07 Å². The van der Waals surface area contributed by atoms with Crippen molar-refractivity contribution in [2.75, 3.05) is 6.61 Å². The van der Waals surface area contributed by atoms with Gasteiger partial charge < -0.3 is 10.1 Å². The quantitative estimate of drug-likeness (QED) is 0.820. The number of ether oxygens (including phenoxy) is 1. The van der Waals surface area contributed by atoms with Crippen molar-refractivity contribution in [1.82, 2.24) is 5.32 Å². The van der Waals surface area contributed by atoms with Crippen LogP contribution < -0.4 is 10.1 Å². The number of halogens is 1. The van der Waals surface area contributed by atoms with Crippen molar-refractivity contribution in [3.63, 3.8) is 0 Å². The Morgan fingerprint density at radius 3 is 2.82 bits per heavy atom. The molecule has 94 valence electrons. The smallest absolute Gasteiger partial charge is 0.165 e. The number of hydrogen-bond acceptors (Lipinski definition) is 2. The minimum atomic E-state index is -0.263. The molecule has 0 aliphatic heterocycles. The second kappa shape index (κ2) is 5.50. The Balaban J connectivity index is 2.03. The molecule has 0 saturated heterocycles. The zero-order chi connectivity index (χ0) is 12.3. The summed E-state index contributed by atoms with van der Waals surface area (Å²) in [5, 5.41) is 3.38. The number of rotatable bonds is 6. The molecule has 1 aliphatic rings. The number of hydrogen-bond donors (Lipinski definition) is 1. The van der Waals surface area contributed by atoms with Crippen LogP contribution in [0.3, 0.4) is 0 Å². The summed E-state index contributed by atoms with van der Waals surface area (Å²) in [6.45, 7) is 5.36. The summed E-state index contributed by atoms with van der Waals surface area (Å²) < 4.78 is 19.3. The predicted octanol–water partition coefficient (Wildman–Crippen LogP) is 3.11. The Morgan fingerprint density at radius 2 is 2.18 bits per heavy atom. The molecule has 1 aliphatic carbocycles. The van der Waals surface area contributed by atoms with Crippen molar-refractivity contribution >= 4 is 0 Å². The number of para-hydroxylation sites is 1. The van der Waals surface area contributed by atoms with Crippen LogP contribution in [0.25, 0.3) is 0 Å². The van der Waals surface area contributed by atoms with E-state index in [-0.39, 0.29) is 5.82 Å². The number of benzene rings is 1. The fraction of sp³-hybridized carbons (Fsp3) is 0.571. The van der Waals surface area contributed by atoms with E-state index in [0.717, 1.165) is 5.56 Å². The molecule has 2 rings (SSSR count). The highest BCUT2D eigenvalue weighted by atomic mass is 19.1. The molecule has 17 heavy (non-hydrogen) atoms.